The summed E-state index contributed by atoms with van der Waals surface area (Å²) in [5.41, 5.74) is 3.49. The van der Waals surface area contributed by atoms with Crippen LogP contribution >= 0.6 is 0 Å². The number of halogens is 3. The largest absolute Gasteiger partial charge is 0.411 e. The Kier molecular flexibility index (Phi) is 5.61. The minimum atomic E-state index is -4.34. The van der Waals surface area contributed by atoms with Crippen molar-refractivity contribution in [1.29, 1.82) is 0 Å². The van der Waals surface area contributed by atoms with Crippen molar-refractivity contribution in [3.8, 4) is 0 Å². The number of ether oxygens (including phenoxy) is 1. The lowest BCUT2D eigenvalue weighted by Gasteiger charge is -2.26. The van der Waals surface area contributed by atoms with Crippen LogP contribution < -0.4 is 5.32 Å². The van der Waals surface area contributed by atoms with Crippen molar-refractivity contribution < 1.29 is 22.7 Å². The first kappa shape index (κ1) is 18.5. The predicted octanol–water partition coefficient (Wildman–Crippen LogP) is 4.57. The van der Waals surface area contributed by atoms with Crippen LogP contribution in [0.4, 0.5) is 13.2 Å². The van der Waals surface area contributed by atoms with Gasteiger partial charge in [0.25, 0.3) is 5.91 Å². The van der Waals surface area contributed by atoms with E-state index in [0.29, 0.717) is 11.1 Å². The van der Waals surface area contributed by atoms with Gasteiger partial charge in [0.2, 0.25) is 0 Å². The normalized spacial score (nSPS) is 16.8. The average molecular weight is 363 g/mol. The Balaban J connectivity index is 1.59. The van der Waals surface area contributed by atoms with Gasteiger partial charge in [-0.2, -0.15) is 13.2 Å². The molecule has 1 atom stereocenters. The minimum absolute atomic E-state index is 0.0118. The number of alkyl halides is 3. The molecule has 1 unspecified atom stereocenters. The van der Waals surface area contributed by atoms with Crippen LogP contribution in [-0.2, 0) is 17.8 Å². The molecule has 0 heterocycles. The maximum absolute atomic E-state index is 12.5. The molecule has 0 radical (unpaired) electrons. The summed E-state index contributed by atoms with van der Waals surface area (Å²) in [5, 5.41) is 3.05. The highest BCUT2D eigenvalue weighted by atomic mass is 19.4. The van der Waals surface area contributed by atoms with Gasteiger partial charge in [-0.1, -0.05) is 36.4 Å². The fourth-order valence-corrected chi connectivity index (χ4v) is 3.18. The number of nitrogens with one attached hydrogen (secondary N) is 1. The van der Waals surface area contributed by atoms with E-state index in [1.165, 1.54) is 5.56 Å². The third kappa shape index (κ3) is 4.85. The van der Waals surface area contributed by atoms with Crippen molar-refractivity contribution in [2.24, 2.45) is 0 Å². The van der Waals surface area contributed by atoms with Gasteiger partial charge in [0.1, 0.15) is 6.61 Å². The number of benzene rings is 2. The van der Waals surface area contributed by atoms with Crippen LogP contribution in [0, 0.1) is 0 Å². The van der Waals surface area contributed by atoms with E-state index >= 15 is 0 Å². The fourth-order valence-electron chi connectivity index (χ4n) is 3.18. The van der Waals surface area contributed by atoms with E-state index in [-0.39, 0.29) is 18.6 Å². The Hall–Kier alpha value is -2.34. The van der Waals surface area contributed by atoms with E-state index in [0.717, 1.165) is 24.8 Å². The zero-order chi connectivity index (χ0) is 18.6. The first-order valence-electron chi connectivity index (χ1n) is 8.54. The SMILES string of the molecule is O=C(NC1CCCc2ccccc21)c1ccc(COCC(F)(F)F)cc1. The highest BCUT2D eigenvalue weighted by Gasteiger charge is 2.27. The second-order valence-corrected chi connectivity index (χ2v) is 6.42. The molecule has 0 spiro atoms. The number of rotatable bonds is 5. The summed E-state index contributed by atoms with van der Waals surface area (Å²) in [6.07, 6.45) is -1.39. The van der Waals surface area contributed by atoms with Gasteiger partial charge in [-0.15, -0.1) is 0 Å². The van der Waals surface area contributed by atoms with Gasteiger partial charge in [-0.3, -0.25) is 4.79 Å². The van der Waals surface area contributed by atoms with Gasteiger partial charge in [0.05, 0.1) is 12.6 Å². The average Bonchev–Trinajstić information content (AvgIpc) is 2.61. The van der Waals surface area contributed by atoms with Crippen LogP contribution in [0.5, 0.6) is 0 Å². The Morgan fingerprint density at radius 3 is 2.58 bits per heavy atom. The molecule has 0 fully saturated rings. The number of carbonyl (C=O) groups excluding carboxylic acids is 1. The van der Waals surface area contributed by atoms with E-state index in [4.69, 9.17) is 0 Å². The molecule has 138 valence electrons. The lowest BCUT2D eigenvalue weighted by molar-refractivity contribution is -0.176. The quantitative estimate of drug-likeness (QED) is 0.845. The Bertz CT molecular complexity index is 756. The Morgan fingerprint density at radius 1 is 1.12 bits per heavy atom. The molecule has 2 aromatic carbocycles. The highest BCUT2D eigenvalue weighted by Crippen LogP contribution is 2.29. The first-order valence-corrected chi connectivity index (χ1v) is 8.54. The van der Waals surface area contributed by atoms with E-state index in [1.807, 2.05) is 18.2 Å². The molecule has 3 rings (SSSR count). The Labute approximate surface area is 150 Å². The molecule has 1 aliphatic carbocycles. The van der Waals surface area contributed by atoms with Gasteiger partial charge in [-0.25, -0.2) is 0 Å². The number of hydrogen-bond donors (Lipinski definition) is 1. The molecule has 0 saturated carbocycles. The summed E-state index contributed by atoms with van der Waals surface area (Å²) < 4.78 is 40.9. The molecule has 0 bridgehead atoms. The monoisotopic (exact) mass is 363 g/mol. The number of fused-ring (bicyclic) bond motifs is 1. The third-order valence-electron chi connectivity index (χ3n) is 4.43. The van der Waals surface area contributed by atoms with Crippen molar-refractivity contribution in [3.63, 3.8) is 0 Å². The Morgan fingerprint density at radius 2 is 1.85 bits per heavy atom. The second kappa shape index (κ2) is 7.91. The maximum atomic E-state index is 12.5. The molecule has 2 aromatic rings. The van der Waals surface area contributed by atoms with Crippen molar-refractivity contribution >= 4 is 5.91 Å². The van der Waals surface area contributed by atoms with Crippen molar-refractivity contribution in [2.75, 3.05) is 6.61 Å². The molecular weight excluding hydrogens is 343 g/mol. The van der Waals surface area contributed by atoms with Crippen LogP contribution in [0.25, 0.3) is 0 Å². The molecule has 6 heteroatoms. The van der Waals surface area contributed by atoms with Gasteiger partial charge in [-0.05, 0) is 48.1 Å². The number of aryl methyl sites for hydroxylation is 1. The van der Waals surface area contributed by atoms with Gasteiger partial charge >= 0.3 is 6.18 Å². The number of hydrogen-bond acceptors (Lipinski definition) is 2. The summed E-state index contributed by atoms with van der Waals surface area (Å²) in [7, 11) is 0. The van der Waals surface area contributed by atoms with Crippen molar-refractivity contribution in [1.82, 2.24) is 5.32 Å². The maximum Gasteiger partial charge on any atom is 0.411 e. The molecule has 0 aliphatic heterocycles. The van der Waals surface area contributed by atoms with Crippen LogP contribution in [0.3, 0.4) is 0 Å². The van der Waals surface area contributed by atoms with Crippen LogP contribution in [0.15, 0.2) is 48.5 Å². The molecular formula is C20H20F3NO2. The van der Waals surface area contributed by atoms with E-state index in [1.54, 1.807) is 24.3 Å². The lowest BCUT2D eigenvalue weighted by atomic mass is 9.87. The summed E-state index contributed by atoms with van der Waals surface area (Å²) in [4.78, 5) is 12.5. The van der Waals surface area contributed by atoms with Crippen molar-refractivity contribution in [2.45, 2.75) is 38.1 Å². The molecule has 26 heavy (non-hydrogen) atoms. The predicted molar refractivity (Wildman–Crippen MR) is 91.7 cm³/mol. The highest BCUT2D eigenvalue weighted by molar-refractivity contribution is 5.94. The molecule has 1 N–H and O–H groups in total. The molecule has 0 saturated heterocycles. The first-order chi connectivity index (χ1) is 12.4. The summed E-state index contributed by atoms with van der Waals surface area (Å²) in [6.45, 7) is -1.42. The zero-order valence-corrected chi connectivity index (χ0v) is 14.2. The standard InChI is InChI=1S/C20H20F3NO2/c21-20(22,23)13-26-12-14-8-10-16(11-9-14)19(25)24-18-7-3-5-15-4-1-2-6-17(15)18/h1-2,4,6,8-11,18H,3,5,7,12-13H2,(H,24,25). The summed E-state index contributed by atoms with van der Waals surface area (Å²) in [6, 6.07) is 14.5. The summed E-state index contributed by atoms with van der Waals surface area (Å²) >= 11 is 0. The second-order valence-electron chi connectivity index (χ2n) is 6.42. The van der Waals surface area contributed by atoms with Crippen LogP contribution in [0.2, 0.25) is 0 Å². The zero-order valence-electron chi connectivity index (χ0n) is 14.2. The van der Waals surface area contributed by atoms with E-state index in [9.17, 15) is 18.0 Å². The van der Waals surface area contributed by atoms with E-state index < -0.39 is 12.8 Å². The van der Waals surface area contributed by atoms with Crippen LogP contribution in [0.1, 0.15) is 45.9 Å². The molecule has 3 nitrogen and oxygen atoms in total. The van der Waals surface area contributed by atoms with Gasteiger partial charge < -0.3 is 10.1 Å². The minimum Gasteiger partial charge on any atom is -0.367 e. The number of amides is 1. The van der Waals surface area contributed by atoms with Crippen molar-refractivity contribution in [3.05, 3.63) is 70.8 Å². The molecule has 1 amide bonds. The topological polar surface area (TPSA) is 38.3 Å². The van der Waals surface area contributed by atoms with Gasteiger partial charge in [0.15, 0.2) is 0 Å². The smallest absolute Gasteiger partial charge is 0.367 e. The number of carbonyl (C=O) groups is 1. The van der Waals surface area contributed by atoms with E-state index in [2.05, 4.69) is 16.1 Å². The molecule has 0 aromatic heterocycles. The summed E-state index contributed by atoms with van der Waals surface area (Å²) in [5.74, 6) is -0.186. The van der Waals surface area contributed by atoms with Gasteiger partial charge in [0, 0.05) is 5.56 Å². The lowest BCUT2D eigenvalue weighted by Crippen LogP contribution is -2.30. The van der Waals surface area contributed by atoms with Crippen LogP contribution in [-0.4, -0.2) is 18.7 Å². The molecule has 1 aliphatic rings. The third-order valence-corrected chi connectivity index (χ3v) is 4.43. The fraction of sp³-hybridized carbons (Fsp3) is 0.350.